The predicted octanol–water partition coefficient (Wildman–Crippen LogP) is 2.64. The second kappa shape index (κ2) is 4.61. The number of halogens is 1. The number of hydrogen-bond donors (Lipinski definition) is 0. The maximum atomic E-state index is 12.6. The highest BCUT2D eigenvalue weighted by molar-refractivity contribution is 5.65. The highest BCUT2D eigenvalue weighted by Gasteiger charge is 1.99. The molecule has 68 valence electrons. The molecule has 0 aliphatic rings. The van der Waals surface area contributed by atoms with Gasteiger partial charge in [-0.25, -0.2) is 4.39 Å². The van der Waals surface area contributed by atoms with E-state index in [0.717, 1.165) is 11.1 Å². The van der Waals surface area contributed by atoms with Crippen LogP contribution in [-0.2, 0) is 4.74 Å². The molecule has 0 amide bonds. The Morgan fingerprint density at radius 2 is 2.08 bits per heavy atom. The van der Waals surface area contributed by atoms with E-state index in [2.05, 4.69) is 12.3 Å². The quantitative estimate of drug-likeness (QED) is 0.646. The molecule has 1 rings (SSSR count). The van der Waals surface area contributed by atoms with E-state index in [-0.39, 0.29) is 5.82 Å². The fourth-order valence-electron chi connectivity index (χ4n) is 1.03. The van der Waals surface area contributed by atoms with E-state index in [1.165, 1.54) is 12.1 Å². The average Bonchev–Trinajstić information content (AvgIpc) is 2.16. The molecule has 0 fully saturated rings. The minimum Gasteiger partial charge on any atom is -0.379 e. The molecule has 0 N–H and O–H groups in total. The van der Waals surface area contributed by atoms with Crippen LogP contribution in [0.5, 0.6) is 0 Å². The summed E-state index contributed by atoms with van der Waals surface area (Å²) in [6.45, 7) is 3.98. The van der Waals surface area contributed by atoms with E-state index >= 15 is 0 Å². The zero-order chi connectivity index (χ0) is 9.68. The van der Waals surface area contributed by atoms with Crippen LogP contribution in [0.25, 0.3) is 5.57 Å². The summed E-state index contributed by atoms with van der Waals surface area (Å²) >= 11 is 0. The Morgan fingerprint density at radius 3 is 2.54 bits per heavy atom. The summed E-state index contributed by atoms with van der Waals surface area (Å²) in [5, 5.41) is 0. The fourth-order valence-corrected chi connectivity index (χ4v) is 1.03. The maximum Gasteiger partial charge on any atom is 0.123 e. The predicted molar refractivity (Wildman–Crippen MR) is 50.8 cm³/mol. The van der Waals surface area contributed by atoms with E-state index in [9.17, 15) is 4.39 Å². The number of hydrogen-bond acceptors (Lipinski definition) is 1. The van der Waals surface area contributed by atoms with Gasteiger partial charge in [0.15, 0.2) is 0 Å². The van der Waals surface area contributed by atoms with Crippen LogP contribution in [-0.4, -0.2) is 13.7 Å². The summed E-state index contributed by atoms with van der Waals surface area (Å²) in [5.41, 5.74) is 4.48. The largest absolute Gasteiger partial charge is 0.379 e. The lowest BCUT2D eigenvalue weighted by Crippen LogP contribution is -1.92. The second-order valence-corrected chi connectivity index (χ2v) is 2.60. The molecule has 0 bridgehead atoms. The van der Waals surface area contributed by atoms with Crippen molar-refractivity contribution in [3.8, 4) is 0 Å². The lowest BCUT2D eigenvalue weighted by molar-refractivity contribution is 0.240. The third-order valence-corrected chi connectivity index (χ3v) is 1.69. The molecule has 0 heterocycles. The highest BCUT2D eigenvalue weighted by atomic mass is 19.1. The van der Waals surface area contributed by atoms with Crippen molar-refractivity contribution in [2.75, 3.05) is 13.7 Å². The van der Waals surface area contributed by atoms with Crippen molar-refractivity contribution in [1.29, 1.82) is 0 Å². The van der Waals surface area contributed by atoms with Gasteiger partial charge < -0.3 is 4.74 Å². The Kier molecular flexibility index (Phi) is 3.44. The van der Waals surface area contributed by atoms with Crippen molar-refractivity contribution in [2.45, 2.75) is 0 Å². The minimum atomic E-state index is -0.246. The van der Waals surface area contributed by atoms with Crippen molar-refractivity contribution < 1.29 is 9.13 Å². The van der Waals surface area contributed by atoms with Gasteiger partial charge in [0.25, 0.3) is 0 Å². The molecule has 2 heteroatoms. The number of methoxy groups -OCH3 is 1. The molecule has 0 unspecified atom stereocenters. The SMILES string of the molecule is C=C=C(COC)c1ccc(F)cc1. The molecule has 0 aliphatic heterocycles. The van der Waals surface area contributed by atoms with Gasteiger partial charge >= 0.3 is 0 Å². The minimum absolute atomic E-state index is 0.246. The summed E-state index contributed by atoms with van der Waals surface area (Å²) < 4.78 is 17.5. The highest BCUT2D eigenvalue weighted by Crippen LogP contribution is 2.13. The van der Waals surface area contributed by atoms with Gasteiger partial charge in [-0.15, -0.1) is 5.73 Å². The molecule has 1 nitrogen and oxygen atoms in total. The average molecular weight is 178 g/mol. The zero-order valence-corrected chi connectivity index (χ0v) is 7.51. The molecule has 1 aromatic rings. The van der Waals surface area contributed by atoms with E-state index in [4.69, 9.17) is 4.74 Å². The molecular formula is C11H11FO. The van der Waals surface area contributed by atoms with E-state index in [1.54, 1.807) is 19.2 Å². The van der Waals surface area contributed by atoms with Gasteiger partial charge in [-0.05, 0) is 17.7 Å². The molecule has 0 radical (unpaired) electrons. The molecule has 0 spiro atoms. The fraction of sp³-hybridized carbons (Fsp3) is 0.182. The van der Waals surface area contributed by atoms with E-state index in [1.807, 2.05) is 0 Å². The standard InChI is InChI=1S/C11H11FO/c1-3-9(8-13-2)10-4-6-11(12)7-5-10/h4-7H,1,8H2,2H3. The molecule has 0 atom stereocenters. The second-order valence-electron chi connectivity index (χ2n) is 2.60. The molecule has 0 saturated heterocycles. The molecule has 0 aromatic heterocycles. The molecule has 13 heavy (non-hydrogen) atoms. The van der Waals surface area contributed by atoms with Crippen molar-refractivity contribution in [3.63, 3.8) is 0 Å². The van der Waals surface area contributed by atoms with Crippen LogP contribution in [0.3, 0.4) is 0 Å². The molecular weight excluding hydrogens is 167 g/mol. The summed E-state index contributed by atoms with van der Waals surface area (Å²) in [7, 11) is 1.60. The van der Waals surface area contributed by atoms with Crippen LogP contribution in [0.15, 0.2) is 36.6 Å². The summed E-state index contributed by atoms with van der Waals surface area (Å²) in [6, 6.07) is 6.17. The van der Waals surface area contributed by atoms with Gasteiger partial charge in [-0.2, -0.15) is 0 Å². The Bertz CT molecular complexity index is 320. The van der Waals surface area contributed by atoms with Gasteiger partial charge in [-0.3, -0.25) is 0 Å². The third-order valence-electron chi connectivity index (χ3n) is 1.69. The summed E-state index contributed by atoms with van der Waals surface area (Å²) in [6.07, 6.45) is 0. The van der Waals surface area contributed by atoms with E-state index in [0.29, 0.717) is 6.61 Å². The normalized spacial score (nSPS) is 9.38. The van der Waals surface area contributed by atoms with Crippen LogP contribution in [0.1, 0.15) is 5.56 Å². The smallest absolute Gasteiger partial charge is 0.123 e. The van der Waals surface area contributed by atoms with Crippen LogP contribution >= 0.6 is 0 Å². The Hall–Kier alpha value is -1.37. The molecule has 0 aliphatic carbocycles. The Morgan fingerprint density at radius 1 is 1.46 bits per heavy atom. The van der Waals surface area contributed by atoms with Crippen molar-refractivity contribution in [2.24, 2.45) is 0 Å². The first-order chi connectivity index (χ1) is 6.27. The lowest BCUT2D eigenvalue weighted by Gasteiger charge is -2.02. The van der Waals surface area contributed by atoms with Crippen molar-refractivity contribution in [1.82, 2.24) is 0 Å². The Labute approximate surface area is 77.2 Å². The first-order valence-corrected chi connectivity index (χ1v) is 3.91. The van der Waals surface area contributed by atoms with Crippen LogP contribution in [0.2, 0.25) is 0 Å². The number of ether oxygens (including phenoxy) is 1. The molecule has 0 saturated carbocycles. The summed E-state index contributed by atoms with van der Waals surface area (Å²) in [5.74, 6) is -0.246. The molecule has 1 aromatic carbocycles. The number of rotatable bonds is 3. The first-order valence-electron chi connectivity index (χ1n) is 3.91. The maximum absolute atomic E-state index is 12.6. The summed E-state index contributed by atoms with van der Waals surface area (Å²) in [4.78, 5) is 0. The van der Waals surface area contributed by atoms with Gasteiger partial charge in [0, 0.05) is 12.7 Å². The monoisotopic (exact) mass is 178 g/mol. The van der Waals surface area contributed by atoms with Gasteiger partial charge in [-0.1, -0.05) is 18.7 Å². The van der Waals surface area contributed by atoms with Gasteiger partial charge in [0.05, 0.1) is 6.61 Å². The third kappa shape index (κ3) is 2.55. The van der Waals surface area contributed by atoms with Crippen LogP contribution in [0.4, 0.5) is 4.39 Å². The topological polar surface area (TPSA) is 9.23 Å². The first kappa shape index (κ1) is 9.72. The van der Waals surface area contributed by atoms with Crippen LogP contribution < -0.4 is 0 Å². The van der Waals surface area contributed by atoms with Gasteiger partial charge in [0.2, 0.25) is 0 Å². The Balaban J connectivity index is 2.93. The van der Waals surface area contributed by atoms with E-state index < -0.39 is 0 Å². The van der Waals surface area contributed by atoms with Crippen molar-refractivity contribution >= 4 is 5.57 Å². The zero-order valence-electron chi connectivity index (χ0n) is 7.51. The van der Waals surface area contributed by atoms with Crippen LogP contribution in [0, 0.1) is 5.82 Å². The van der Waals surface area contributed by atoms with Crippen molar-refractivity contribution in [3.05, 3.63) is 48.0 Å². The van der Waals surface area contributed by atoms with Gasteiger partial charge in [0.1, 0.15) is 5.82 Å². The number of benzene rings is 1. The lowest BCUT2D eigenvalue weighted by atomic mass is 10.1.